The fraction of sp³-hybridized carbons (Fsp3) is 0.419. The van der Waals surface area contributed by atoms with E-state index < -0.39 is 0 Å². The van der Waals surface area contributed by atoms with Crippen molar-refractivity contribution in [2.45, 2.75) is 57.8 Å². The molecular weight excluding hydrogens is 449 g/mol. The highest BCUT2D eigenvalue weighted by Gasteiger charge is 2.41. The Morgan fingerprint density at radius 3 is 2.69 bits per heavy atom. The van der Waals surface area contributed by atoms with Crippen molar-refractivity contribution in [1.82, 2.24) is 14.7 Å². The minimum absolute atomic E-state index is 0.00481. The number of aromatic nitrogens is 2. The number of nitrogens with zero attached hydrogens (tertiary/aromatic N) is 3. The molecule has 2 aromatic carbocycles. The van der Waals surface area contributed by atoms with Gasteiger partial charge in [-0.1, -0.05) is 48.4 Å². The lowest BCUT2D eigenvalue weighted by Crippen LogP contribution is -2.43. The lowest BCUT2D eigenvalue weighted by molar-refractivity contribution is -0.136. The molecule has 3 aromatic rings. The fourth-order valence-corrected chi connectivity index (χ4v) is 6.76. The summed E-state index contributed by atoms with van der Waals surface area (Å²) in [5.74, 6) is 0.876. The predicted octanol–water partition coefficient (Wildman–Crippen LogP) is 6.25. The van der Waals surface area contributed by atoms with E-state index in [4.69, 9.17) is 0 Å². The number of allylic oxidation sites excluding steroid dienone is 1. The SMILES string of the molecule is C[C@@H]1C2=C(CC[C@H]2C(=O)N2CCCC(CCc3ccccc3)C2)Cc2c1cnn2-c1ccc(F)cc1. The van der Waals surface area contributed by atoms with Crippen molar-refractivity contribution in [2.75, 3.05) is 13.1 Å². The third-order valence-electron chi connectivity index (χ3n) is 8.62. The van der Waals surface area contributed by atoms with Crippen molar-refractivity contribution in [2.24, 2.45) is 11.8 Å². The molecule has 3 atom stereocenters. The average Bonchev–Trinajstić information content (AvgIpc) is 3.54. The summed E-state index contributed by atoms with van der Waals surface area (Å²) in [5.41, 5.74) is 7.42. The highest BCUT2D eigenvalue weighted by Crippen LogP contribution is 2.48. The van der Waals surface area contributed by atoms with Crippen LogP contribution in [0.5, 0.6) is 0 Å². The first kappa shape index (κ1) is 23.2. The molecule has 1 aromatic heterocycles. The number of aryl methyl sites for hydroxylation is 1. The van der Waals surface area contributed by atoms with E-state index in [-0.39, 0.29) is 17.7 Å². The largest absolute Gasteiger partial charge is 0.342 e. The van der Waals surface area contributed by atoms with E-state index in [1.807, 2.05) is 10.9 Å². The second kappa shape index (κ2) is 9.68. The fourth-order valence-electron chi connectivity index (χ4n) is 6.76. The molecule has 0 spiro atoms. The number of hydrogen-bond donors (Lipinski definition) is 0. The van der Waals surface area contributed by atoms with Gasteiger partial charge in [-0.2, -0.15) is 5.10 Å². The van der Waals surface area contributed by atoms with E-state index in [0.717, 1.165) is 57.3 Å². The number of fused-ring (bicyclic) bond motifs is 1. The zero-order chi connectivity index (χ0) is 24.6. The van der Waals surface area contributed by atoms with E-state index in [1.54, 1.807) is 12.1 Å². The van der Waals surface area contributed by atoms with Crippen molar-refractivity contribution in [1.29, 1.82) is 0 Å². The molecule has 5 heteroatoms. The Labute approximate surface area is 212 Å². The van der Waals surface area contributed by atoms with Crippen LogP contribution >= 0.6 is 0 Å². The second-order valence-corrected chi connectivity index (χ2v) is 10.8. The van der Waals surface area contributed by atoms with Gasteiger partial charge in [0.15, 0.2) is 0 Å². The number of piperidine rings is 1. The maximum absolute atomic E-state index is 13.8. The van der Waals surface area contributed by atoms with E-state index in [9.17, 15) is 9.18 Å². The molecule has 2 aliphatic carbocycles. The van der Waals surface area contributed by atoms with Gasteiger partial charge in [0.05, 0.1) is 23.5 Å². The van der Waals surface area contributed by atoms with Crippen molar-refractivity contribution < 1.29 is 9.18 Å². The first-order valence-corrected chi connectivity index (χ1v) is 13.5. The number of likely N-dealkylation sites (tertiary alicyclic amines) is 1. The summed E-state index contributed by atoms with van der Waals surface area (Å²) in [6.07, 6.45) is 9.25. The van der Waals surface area contributed by atoms with Gasteiger partial charge >= 0.3 is 0 Å². The summed E-state index contributed by atoms with van der Waals surface area (Å²) in [4.78, 5) is 16.0. The Balaban J connectivity index is 1.16. The van der Waals surface area contributed by atoms with Crippen LogP contribution in [0.4, 0.5) is 4.39 Å². The third kappa shape index (κ3) is 4.29. The highest BCUT2D eigenvalue weighted by atomic mass is 19.1. The van der Waals surface area contributed by atoms with Crippen LogP contribution in [0.15, 0.2) is 71.9 Å². The molecule has 4 nitrogen and oxygen atoms in total. The van der Waals surface area contributed by atoms with Gasteiger partial charge in [-0.3, -0.25) is 4.79 Å². The van der Waals surface area contributed by atoms with Crippen LogP contribution in [0.3, 0.4) is 0 Å². The second-order valence-electron chi connectivity index (χ2n) is 10.8. The topological polar surface area (TPSA) is 38.1 Å². The van der Waals surface area contributed by atoms with E-state index >= 15 is 0 Å². The van der Waals surface area contributed by atoms with Gasteiger partial charge in [-0.25, -0.2) is 9.07 Å². The summed E-state index contributed by atoms with van der Waals surface area (Å²) in [6.45, 7) is 4.02. The molecule has 0 N–H and O–H groups in total. The number of hydrogen-bond acceptors (Lipinski definition) is 2. The molecule has 1 unspecified atom stereocenters. The van der Waals surface area contributed by atoms with Crippen LogP contribution in [0, 0.1) is 17.7 Å². The van der Waals surface area contributed by atoms with Crippen molar-refractivity contribution in [3.63, 3.8) is 0 Å². The zero-order valence-corrected chi connectivity index (χ0v) is 21.0. The van der Waals surface area contributed by atoms with Crippen LogP contribution in [0.2, 0.25) is 0 Å². The number of halogens is 1. The van der Waals surface area contributed by atoms with Gasteiger partial charge in [-0.05, 0) is 74.3 Å². The first-order valence-electron chi connectivity index (χ1n) is 13.5. The molecule has 1 fully saturated rings. The molecule has 36 heavy (non-hydrogen) atoms. The maximum Gasteiger partial charge on any atom is 0.229 e. The van der Waals surface area contributed by atoms with E-state index in [2.05, 4.69) is 47.3 Å². The van der Waals surface area contributed by atoms with Gasteiger partial charge in [0.2, 0.25) is 5.91 Å². The molecule has 3 aliphatic rings. The standard InChI is InChI=1S/C31H34FN3O/c1-21-28-19-33-35(26-14-12-25(32)13-15-26)29(28)18-24-11-16-27(30(21)24)31(36)34-17-5-8-23(20-34)10-9-22-6-3-2-4-7-22/h2-4,6-7,12-15,19,21,23,27H,5,8-11,16-18,20H2,1H3/t21-,23?,27+/m0/s1. The number of rotatable bonds is 5. The molecule has 2 heterocycles. The van der Waals surface area contributed by atoms with Gasteiger partial charge in [0.1, 0.15) is 5.82 Å². The number of carbonyl (C=O) groups excluding carboxylic acids is 1. The Morgan fingerprint density at radius 1 is 1.08 bits per heavy atom. The Bertz CT molecular complexity index is 1280. The number of amides is 1. The van der Waals surface area contributed by atoms with Gasteiger partial charge in [0.25, 0.3) is 0 Å². The van der Waals surface area contributed by atoms with Crippen molar-refractivity contribution in [3.05, 3.63) is 94.6 Å². The average molecular weight is 484 g/mol. The number of benzene rings is 2. The Kier molecular flexibility index (Phi) is 6.24. The summed E-state index contributed by atoms with van der Waals surface area (Å²) >= 11 is 0. The van der Waals surface area contributed by atoms with Crippen LogP contribution < -0.4 is 0 Å². The normalized spacial score (nSPS) is 23.5. The van der Waals surface area contributed by atoms with Gasteiger partial charge < -0.3 is 4.90 Å². The van der Waals surface area contributed by atoms with E-state index in [1.165, 1.54) is 46.5 Å². The molecule has 1 saturated heterocycles. The predicted molar refractivity (Wildman–Crippen MR) is 139 cm³/mol. The van der Waals surface area contributed by atoms with Crippen LogP contribution in [0.1, 0.15) is 61.8 Å². The van der Waals surface area contributed by atoms with Crippen LogP contribution in [-0.4, -0.2) is 33.7 Å². The van der Waals surface area contributed by atoms with Crippen LogP contribution in [-0.2, 0) is 17.6 Å². The van der Waals surface area contributed by atoms with Crippen molar-refractivity contribution >= 4 is 5.91 Å². The smallest absolute Gasteiger partial charge is 0.229 e. The monoisotopic (exact) mass is 483 g/mol. The van der Waals surface area contributed by atoms with Crippen LogP contribution in [0.25, 0.3) is 5.69 Å². The van der Waals surface area contributed by atoms with Gasteiger partial charge in [-0.15, -0.1) is 0 Å². The summed E-state index contributed by atoms with van der Waals surface area (Å²) in [7, 11) is 0. The summed E-state index contributed by atoms with van der Waals surface area (Å²) < 4.78 is 15.4. The lowest BCUT2D eigenvalue weighted by atomic mass is 9.79. The Hall–Kier alpha value is -3.21. The third-order valence-corrected chi connectivity index (χ3v) is 8.62. The lowest BCUT2D eigenvalue weighted by Gasteiger charge is -2.36. The van der Waals surface area contributed by atoms with Gasteiger partial charge in [0, 0.05) is 31.0 Å². The molecule has 186 valence electrons. The maximum atomic E-state index is 13.8. The summed E-state index contributed by atoms with van der Waals surface area (Å²) in [6, 6.07) is 17.2. The molecule has 0 radical (unpaired) electrons. The van der Waals surface area contributed by atoms with E-state index in [0.29, 0.717) is 11.8 Å². The Morgan fingerprint density at radius 2 is 1.89 bits per heavy atom. The molecule has 1 amide bonds. The zero-order valence-electron chi connectivity index (χ0n) is 21.0. The molecule has 0 saturated carbocycles. The minimum Gasteiger partial charge on any atom is -0.342 e. The first-order chi connectivity index (χ1) is 17.6. The minimum atomic E-state index is -0.240. The number of carbonyl (C=O) groups is 1. The van der Waals surface area contributed by atoms with Crippen molar-refractivity contribution in [3.8, 4) is 5.69 Å². The molecule has 1 aliphatic heterocycles. The summed E-state index contributed by atoms with van der Waals surface area (Å²) in [5, 5.41) is 4.66. The quantitative estimate of drug-likeness (QED) is 0.403. The molecule has 0 bridgehead atoms. The highest BCUT2D eigenvalue weighted by molar-refractivity contribution is 5.83. The molecular formula is C31H34FN3O. The molecule has 6 rings (SSSR count).